The van der Waals surface area contributed by atoms with Crippen LogP contribution in [-0.2, 0) is 7.05 Å². The Morgan fingerprint density at radius 3 is 2.83 bits per heavy atom. The van der Waals surface area contributed by atoms with Crippen LogP contribution in [0.15, 0.2) is 24.5 Å². The highest BCUT2D eigenvalue weighted by atomic mass is 35.5. The van der Waals surface area contributed by atoms with E-state index in [-0.39, 0.29) is 11.7 Å². The molecule has 1 aromatic heterocycles. The molecule has 7 heteroatoms. The Hall–Kier alpha value is -2.08. The number of ether oxygens (including phenoxy) is 1. The monoisotopic (exact) mass is 267 g/mol. The third kappa shape index (κ3) is 2.28. The maximum atomic E-state index is 10.8. The topological polar surface area (TPSA) is 70.2 Å². The van der Waals surface area contributed by atoms with Gasteiger partial charge in [-0.05, 0) is 40.6 Å². The molecule has 0 radical (unpaired) electrons. The van der Waals surface area contributed by atoms with Crippen LogP contribution in [0.25, 0.3) is 0 Å². The second-order valence-corrected chi connectivity index (χ2v) is 4.16. The highest BCUT2D eigenvalue weighted by molar-refractivity contribution is 6.31. The smallest absolute Gasteiger partial charge is 0.427 e. The van der Waals surface area contributed by atoms with Crippen molar-refractivity contribution < 1.29 is 9.66 Å². The maximum Gasteiger partial charge on any atom is 0.427 e. The van der Waals surface area contributed by atoms with E-state index in [1.165, 1.54) is 10.9 Å². The summed E-state index contributed by atoms with van der Waals surface area (Å²) in [6.07, 6.45) is 1.33. The first-order valence-corrected chi connectivity index (χ1v) is 5.46. The molecule has 2 aromatic rings. The summed E-state index contributed by atoms with van der Waals surface area (Å²) in [5.41, 5.74) is 0.832. The van der Waals surface area contributed by atoms with E-state index < -0.39 is 4.92 Å². The first kappa shape index (κ1) is 12.4. The van der Waals surface area contributed by atoms with E-state index in [1.54, 1.807) is 25.2 Å². The van der Waals surface area contributed by atoms with Crippen LogP contribution < -0.4 is 4.74 Å². The molecule has 0 aliphatic rings. The largest absolute Gasteiger partial charge is 0.434 e. The van der Waals surface area contributed by atoms with Crippen LogP contribution >= 0.6 is 11.6 Å². The number of imidazole rings is 1. The van der Waals surface area contributed by atoms with Gasteiger partial charge in [0.15, 0.2) is 0 Å². The number of nitro groups is 1. The summed E-state index contributed by atoms with van der Waals surface area (Å²) >= 11 is 5.89. The van der Waals surface area contributed by atoms with E-state index in [9.17, 15) is 10.1 Å². The number of benzene rings is 1. The van der Waals surface area contributed by atoms with Crippen LogP contribution in [0.2, 0.25) is 5.02 Å². The first-order chi connectivity index (χ1) is 8.49. The maximum absolute atomic E-state index is 10.8. The lowest BCUT2D eigenvalue weighted by atomic mass is 10.2. The summed E-state index contributed by atoms with van der Waals surface area (Å²) in [6.45, 7) is 1.83. The quantitative estimate of drug-likeness (QED) is 0.633. The molecule has 0 spiro atoms. The molecule has 0 saturated heterocycles. The summed E-state index contributed by atoms with van der Waals surface area (Å²) in [5, 5.41) is 11.4. The average molecular weight is 268 g/mol. The minimum absolute atomic E-state index is 0.0849. The Morgan fingerprint density at radius 1 is 1.50 bits per heavy atom. The Labute approximate surface area is 108 Å². The lowest BCUT2D eigenvalue weighted by Gasteiger charge is -2.06. The van der Waals surface area contributed by atoms with Crippen molar-refractivity contribution in [3.63, 3.8) is 0 Å². The number of hydrogen-bond donors (Lipinski definition) is 0. The Bertz CT molecular complexity index is 610. The minimum Gasteiger partial charge on any atom is -0.434 e. The highest BCUT2D eigenvalue weighted by Gasteiger charge is 2.22. The number of aryl methyl sites for hydroxylation is 2. The van der Waals surface area contributed by atoms with E-state index in [1.807, 2.05) is 6.92 Å². The molecule has 0 unspecified atom stereocenters. The molecule has 0 saturated carbocycles. The molecule has 18 heavy (non-hydrogen) atoms. The van der Waals surface area contributed by atoms with Gasteiger partial charge >= 0.3 is 11.7 Å². The van der Waals surface area contributed by atoms with Crippen molar-refractivity contribution in [2.75, 3.05) is 0 Å². The Morgan fingerprint density at radius 2 is 2.22 bits per heavy atom. The van der Waals surface area contributed by atoms with Gasteiger partial charge in [0.25, 0.3) is 0 Å². The zero-order chi connectivity index (χ0) is 13.3. The van der Waals surface area contributed by atoms with Gasteiger partial charge in [-0.25, -0.2) is 0 Å². The summed E-state index contributed by atoms with van der Waals surface area (Å²) in [4.78, 5) is 13.9. The van der Waals surface area contributed by atoms with Gasteiger partial charge in [0.1, 0.15) is 5.75 Å². The molecule has 0 bridgehead atoms. The lowest BCUT2D eigenvalue weighted by Crippen LogP contribution is -1.96. The fourth-order valence-corrected chi connectivity index (χ4v) is 1.56. The summed E-state index contributed by atoms with van der Waals surface area (Å²) in [5.74, 6) is 0.246. The van der Waals surface area contributed by atoms with E-state index in [0.29, 0.717) is 10.8 Å². The second kappa shape index (κ2) is 4.66. The molecule has 0 aliphatic carbocycles. The van der Waals surface area contributed by atoms with Gasteiger partial charge in [-0.1, -0.05) is 11.6 Å². The number of halogens is 1. The molecule has 0 N–H and O–H groups in total. The van der Waals surface area contributed by atoms with E-state index in [0.717, 1.165) is 5.56 Å². The number of nitrogens with zero attached hydrogens (tertiary/aromatic N) is 3. The summed E-state index contributed by atoms with van der Waals surface area (Å²) in [7, 11) is 1.62. The first-order valence-electron chi connectivity index (χ1n) is 5.08. The highest BCUT2D eigenvalue weighted by Crippen LogP contribution is 2.31. The lowest BCUT2D eigenvalue weighted by molar-refractivity contribution is -0.390. The fourth-order valence-electron chi connectivity index (χ4n) is 1.44. The predicted octanol–water partition coefficient (Wildman–Crippen LogP) is 3.08. The van der Waals surface area contributed by atoms with Crippen LogP contribution in [0.3, 0.4) is 0 Å². The zero-order valence-corrected chi connectivity index (χ0v) is 10.5. The second-order valence-electron chi connectivity index (χ2n) is 3.75. The SMILES string of the molecule is Cc1cc(Oc2c([N+](=O)[O-])ncn2C)ccc1Cl. The van der Waals surface area contributed by atoms with Crippen LogP contribution in [0.1, 0.15) is 5.56 Å². The van der Waals surface area contributed by atoms with Gasteiger partial charge in [0.05, 0.1) is 0 Å². The summed E-state index contributed by atoms with van der Waals surface area (Å²) < 4.78 is 6.92. The van der Waals surface area contributed by atoms with Crippen molar-refractivity contribution in [2.24, 2.45) is 7.05 Å². The third-order valence-corrected chi connectivity index (χ3v) is 2.81. The van der Waals surface area contributed by atoms with Gasteiger partial charge in [0, 0.05) is 12.1 Å². The van der Waals surface area contributed by atoms with Gasteiger partial charge < -0.3 is 14.9 Å². The number of hydrogen-bond acceptors (Lipinski definition) is 4. The molecule has 0 aliphatic heterocycles. The zero-order valence-electron chi connectivity index (χ0n) is 9.75. The number of rotatable bonds is 3. The molecule has 0 fully saturated rings. The predicted molar refractivity (Wildman–Crippen MR) is 66.1 cm³/mol. The van der Waals surface area contributed by atoms with Crippen LogP contribution in [0.5, 0.6) is 11.6 Å². The Balaban J connectivity index is 2.36. The molecule has 1 heterocycles. The molecular weight excluding hydrogens is 258 g/mol. The standard InChI is InChI=1S/C11H10ClN3O3/c1-7-5-8(3-4-9(7)12)18-11-10(15(16)17)13-6-14(11)2/h3-6H,1-2H3. The van der Waals surface area contributed by atoms with Crippen LogP contribution in [0, 0.1) is 17.0 Å². The van der Waals surface area contributed by atoms with Gasteiger partial charge in [-0.15, -0.1) is 0 Å². The summed E-state index contributed by atoms with van der Waals surface area (Å²) in [6, 6.07) is 5.03. The van der Waals surface area contributed by atoms with Gasteiger partial charge in [-0.2, -0.15) is 0 Å². The molecular formula is C11H10ClN3O3. The molecule has 1 aromatic carbocycles. The molecule has 94 valence electrons. The fraction of sp³-hybridized carbons (Fsp3) is 0.182. The van der Waals surface area contributed by atoms with E-state index in [4.69, 9.17) is 16.3 Å². The van der Waals surface area contributed by atoms with Crippen LogP contribution in [-0.4, -0.2) is 14.5 Å². The van der Waals surface area contributed by atoms with Crippen molar-refractivity contribution >= 4 is 17.4 Å². The molecule has 6 nitrogen and oxygen atoms in total. The molecule has 0 amide bonds. The van der Waals surface area contributed by atoms with E-state index >= 15 is 0 Å². The molecule has 0 atom stereocenters. The minimum atomic E-state index is -0.585. The van der Waals surface area contributed by atoms with Crippen molar-refractivity contribution in [2.45, 2.75) is 6.92 Å². The third-order valence-electron chi connectivity index (χ3n) is 2.38. The van der Waals surface area contributed by atoms with Crippen molar-refractivity contribution in [3.05, 3.63) is 45.2 Å². The van der Waals surface area contributed by atoms with Crippen molar-refractivity contribution in [1.29, 1.82) is 0 Å². The van der Waals surface area contributed by atoms with Crippen molar-refractivity contribution in [1.82, 2.24) is 9.55 Å². The normalized spacial score (nSPS) is 10.4. The van der Waals surface area contributed by atoms with Gasteiger partial charge in [-0.3, -0.25) is 4.57 Å². The van der Waals surface area contributed by atoms with Crippen LogP contribution in [0.4, 0.5) is 5.82 Å². The van der Waals surface area contributed by atoms with Crippen molar-refractivity contribution in [3.8, 4) is 11.6 Å². The Kier molecular flexibility index (Phi) is 3.20. The molecule has 2 rings (SSSR count). The number of aromatic nitrogens is 2. The van der Waals surface area contributed by atoms with E-state index in [2.05, 4.69) is 4.98 Å². The average Bonchev–Trinajstić information content (AvgIpc) is 2.66. The van der Waals surface area contributed by atoms with Gasteiger partial charge in [0.2, 0.25) is 6.33 Å².